The molecular formula is C14H16N4O2. The molecule has 1 fully saturated rings. The van der Waals surface area contributed by atoms with Crippen molar-refractivity contribution in [1.82, 2.24) is 10.1 Å². The van der Waals surface area contributed by atoms with E-state index in [-0.39, 0.29) is 11.8 Å². The zero-order chi connectivity index (χ0) is 14.1. The van der Waals surface area contributed by atoms with Gasteiger partial charge in [-0.1, -0.05) is 23.4 Å². The Morgan fingerprint density at radius 2 is 2.10 bits per heavy atom. The third kappa shape index (κ3) is 2.20. The minimum absolute atomic E-state index is 0.116. The van der Waals surface area contributed by atoms with Crippen molar-refractivity contribution in [3.8, 4) is 11.3 Å². The third-order valence-electron chi connectivity index (χ3n) is 3.51. The average Bonchev–Trinajstić information content (AvgIpc) is 2.88. The Labute approximate surface area is 116 Å². The molecule has 0 radical (unpaired) electrons. The molecule has 0 unspecified atom stereocenters. The quantitative estimate of drug-likeness (QED) is 0.889. The molecule has 3 rings (SSSR count). The molecule has 0 aliphatic carbocycles. The molecule has 2 heterocycles. The van der Waals surface area contributed by atoms with Crippen molar-refractivity contribution in [3.63, 3.8) is 0 Å². The topological polar surface area (TPSA) is 75.6 Å². The van der Waals surface area contributed by atoms with Crippen LogP contribution in [0.1, 0.15) is 0 Å². The number of anilines is 2. The molecule has 2 aromatic rings. The first kappa shape index (κ1) is 12.5. The molecule has 1 amide bonds. The largest absolute Gasteiger partial charge is 0.368 e. The maximum atomic E-state index is 11.9. The summed E-state index contributed by atoms with van der Waals surface area (Å²) >= 11 is 0. The van der Waals surface area contributed by atoms with E-state index in [2.05, 4.69) is 10.1 Å². The molecule has 1 aromatic heterocycles. The van der Waals surface area contributed by atoms with Crippen molar-refractivity contribution in [3.05, 3.63) is 30.3 Å². The highest BCUT2D eigenvalue weighted by atomic mass is 16.5. The SMILES string of the molecule is CN1CCN(c2ccccc2-c2cc(N)on2)CC1=O. The smallest absolute Gasteiger partial charge is 0.241 e. The van der Waals surface area contributed by atoms with E-state index in [1.54, 1.807) is 11.0 Å². The molecular weight excluding hydrogens is 256 g/mol. The van der Waals surface area contributed by atoms with Crippen LogP contribution in [0.4, 0.5) is 11.6 Å². The first-order valence-corrected chi connectivity index (χ1v) is 6.45. The van der Waals surface area contributed by atoms with E-state index in [1.165, 1.54) is 0 Å². The van der Waals surface area contributed by atoms with Crippen LogP contribution in [0, 0.1) is 0 Å². The zero-order valence-electron chi connectivity index (χ0n) is 11.2. The van der Waals surface area contributed by atoms with Gasteiger partial charge < -0.3 is 20.1 Å². The van der Waals surface area contributed by atoms with E-state index >= 15 is 0 Å². The summed E-state index contributed by atoms with van der Waals surface area (Å²) in [7, 11) is 1.82. The minimum Gasteiger partial charge on any atom is -0.368 e. The van der Waals surface area contributed by atoms with Crippen molar-refractivity contribution in [1.29, 1.82) is 0 Å². The molecule has 0 saturated carbocycles. The Balaban J connectivity index is 1.96. The Morgan fingerprint density at radius 3 is 2.80 bits per heavy atom. The Hall–Kier alpha value is -2.50. The van der Waals surface area contributed by atoms with Gasteiger partial charge in [-0.2, -0.15) is 0 Å². The van der Waals surface area contributed by atoms with E-state index in [0.717, 1.165) is 17.8 Å². The van der Waals surface area contributed by atoms with Gasteiger partial charge in [0.25, 0.3) is 0 Å². The highest BCUT2D eigenvalue weighted by molar-refractivity contribution is 5.86. The first-order valence-electron chi connectivity index (χ1n) is 6.45. The van der Waals surface area contributed by atoms with E-state index in [4.69, 9.17) is 10.3 Å². The van der Waals surface area contributed by atoms with Crippen LogP contribution in [0.25, 0.3) is 11.3 Å². The van der Waals surface area contributed by atoms with Crippen LogP contribution in [0.5, 0.6) is 0 Å². The monoisotopic (exact) mass is 272 g/mol. The Bertz CT molecular complexity index is 638. The summed E-state index contributed by atoms with van der Waals surface area (Å²) in [5.74, 6) is 0.398. The lowest BCUT2D eigenvalue weighted by atomic mass is 10.1. The molecule has 2 N–H and O–H groups in total. The van der Waals surface area contributed by atoms with Crippen LogP contribution in [-0.4, -0.2) is 42.6 Å². The molecule has 104 valence electrons. The van der Waals surface area contributed by atoms with Crippen molar-refractivity contribution in [2.75, 3.05) is 37.3 Å². The van der Waals surface area contributed by atoms with Gasteiger partial charge in [-0.05, 0) is 6.07 Å². The minimum atomic E-state index is 0.116. The number of nitrogens with zero attached hydrogens (tertiary/aromatic N) is 3. The van der Waals surface area contributed by atoms with Crippen molar-refractivity contribution in [2.24, 2.45) is 0 Å². The number of likely N-dealkylation sites (N-methyl/N-ethyl adjacent to an activating group) is 1. The van der Waals surface area contributed by atoms with Gasteiger partial charge in [-0.15, -0.1) is 0 Å². The summed E-state index contributed by atoms with van der Waals surface area (Å²) in [6.07, 6.45) is 0. The molecule has 1 saturated heterocycles. The summed E-state index contributed by atoms with van der Waals surface area (Å²) in [5.41, 5.74) is 8.16. The fourth-order valence-corrected chi connectivity index (χ4v) is 2.35. The molecule has 0 atom stereocenters. The van der Waals surface area contributed by atoms with Crippen molar-refractivity contribution < 1.29 is 9.32 Å². The number of aromatic nitrogens is 1. The Kier molecular flexibility index (Phi) is 3.06. The fourth-order valence-electron chi connectivity index (χ4n) is 2.35. The van der Waals surface area contributed by atoms with Gasteiger partial charge >= 0.3 is 0 Å². The second-order valence-corrected chi connectivity index (χ2v) is 4.87. The van der Waals surface area contributed by atoms with Crippen LogP contribution < -0.4 is 10.6 Å². The lowest BCUT2D eigenvalue weighted by Crippen LogP contribution is -2.48. The number of nitrogen functional groups attached to an aromatic ring is 1. The average molecular weight is 272 g/mol. The highest BCUT2D eigenvalue weighted by Crippen LogP contribution is 2.31. The molecule has 6 nitrogen and oxygen atoms in total. The maximum Gasteiger partial charge on any atom is 0.241 e. The lowest BCUT2D eigenvalue weighted by Gasteiger charge is -2.34. The number of para-hydroxylation sites is 1. The van der Waals surface area contributed by atoms with Gasteiger partial charge in [0, 0.05) is 37.5 Å². The fraction of sp³-hybridized carbons (Fsp3) is 0.286. The molecule has 1 aliphatic rings. The number of hydrogen-bond acceptors (Lipinski definition) is 5. The van der Waals surface area contributed by atoms with Crippen LogP contribution >= 0.6 is 0 Å². The zero-order valence-corrected chi connectivity index (χ0v) is 11.2. The molecule has 6 heteroatoms. The van der Waals surface area contributed by atoms with Crippen molar-refractivity contribution in [2.45, 2.75) is 0 Å². The van der Waals surface area contributed by atoms with Crippen LogP contribution in [-0.2, 0) is 4.79 Å². The van der Waals surface area contributed by atoms with Gasteiger partial charge in [0.15, 0.2) is 0 Å². The molecule has 0 spiro atoms. The first-order chi connectivity index (χ1) is 9.65. The second kappa shape index (κ2) is 4.88. The summed E-state index contributed by atoms with van der Waals surface area (Å²) in [6, 6.07) is 9.51. The number of carbonyl (C=O) groups is 1. The lowest BCUT2D eigenvalue weighted by molar-refractivity contribution is -0.129. The number of rotatable bonds is 2. The number of nitrogens with two attached hydrogens (primary N) is 1. The number of carbonyl (C=O) groups excluding carboxylic acids is 1. The van der Waals surface area contributed by atoms with Gasteiger partial charge in [0.1, 0.15) is 5.69 Å². The normalized spacial score (nSPS) is 15.8. The molecule has 1 aromatic carbocycles. The van der Waals surface area contributed by atoms with Gasteiger partial charge in [0.05, 0.1) is 6.54 Å². The predicted molar refractivity (Wildman–Crippen MR) is 76.2 cm³/mol. The van der Waals surface area contributed by atoms with E-state index < -0.39 is 0 Å². The molecule has 0 bridgehead atoms. The number of hydrogen-bond donors (Lipinski definition) is 1. The maximum absolute atomic E-state index is 11.9. The molecule has 20 heavy (non-hydrogen) atoms. The summed E-state index contributed by atoms with van der Waals surface area (Å²) in [4.78, 5) is 15.7. The number of benzene rings is 1. The second-order valence-electron chi connectivity index (χ2n) is 4.87. The van der Waals surface area contributed by atoms with Gasteiger partial charge in [-0.3, -0.25) is 4.79 Å². The summed E-state index contributed by atoms with van der Waals surface area (Å²) in [5, 5.41) is 3.95. The Morgan fingerprint density at radius 1 is 1.30 bits per heavy atom. The predicted octanol–water partition coefficient (Wildman–Crippen LogP) is 1.20. The van der Waals surface area contributed by atoms with Gasteiger partial charge in [0.2, 0.25) is 11.8 Å². The number of amides is 1. The van der Waals surface area contributed by atoms with Crippen molar-refractivity contribution >= 4 is 17.5 Å². The van der Waals surface area contributed by atoms with E-state index in [0.29, 0.717) is 18.8 Å². The van der Waals surface area contributed by atoms with Crippen LogP contribution in [0.2, 0.25) is 0 Å². The highest BCUT2D eigenvalue weighted by Gasteiger charge is 2.23. The third-order valence-corrected chi connectivity index (χ3v) is 3.51. The van der Waals surface area contributed by atoms with Gasteiger partial charge in [-0.25, -0.2) is 0 Å². The van der Waals surface area contributed by atoms with E-state index in [1.807, 2.05) is 31.3 Å². The number of piperazine rings is 1. The molecule has 1 aliphatic heterocycles. The summed E-state index contributed by atoms with van der Waals surface area (Å²) < 4.78 is 4.93. The van der Waals surface area contributed by atoms with E-state index in [9.17, 15) is 4.79 Å². The standard InChI is InChI=1S/C14H16N4O2/c1-17-6-7-18(9-14(17)19)12-5-3-2-4-10(12)11-8-13(15)20-16-11/h2-5,8H,6-7,9,15H2,1H3. The van der Waals surface area contributed by atoms with Crippen LogP contribution in [0.3, 0.4) is 0 Å². The van der Waals surface area contributed by atoms with Crippen LogP contribution in [0.15, 0.2) is 34.9 Å². The summed E-state index contributed by atoms with van der Waals surface area (Å²) in [6.45, 7) is 1.89.